The van der Waals surface area contributed by atoms with Gasteiger partial charge in [-0.15, -0.1) is 0 Å². The summed E-state index contributed by atoms with van der Waals surface area (Å²) in [4.78, 5) is 1.82. The van der Waals surface area contributed by atoms with Crippen molar-refractivity contribution in [2.24, 2.45) is 11.3 Å². The Kier molecular flexibility index (Phi) is 4.12. The van der Waals surface area contributed by atoms with Gasteiger partial charge < -0.3 is 4.74 Å². The molecule has 0 saturated carbocycles. The third kappa shape index (κ3) is 2.61. The van der Waals surface area contributed by atoms with E-state index in [1.165, 1.54) is 0 Å². The van der Waals surface area contributed by atoms with Crippen LogP contribution in [0, 0.1) is 11.3 Å². The summed E-state index contributed by atoms with van der Waals surface area (Å²) in [7, 11) is 0. The summed E-state index contributed by atoms with van der Waals surface area (Å²) in [6.07, 6.45) is -5.15. The molecule has 0 bridgehead atoms. The fourth-order valence-electron chi connectivity index (χ4n) is 3.29. The minimum atomic E-state index is -4.19. The molecule has 2 nitrogen and oxygen atoms in total. The second kappa shape index (κ2) is 5.20. The molecule has 0 N–H and O–H groups in total. The number of hydrogen-bond donors (Lipinski definition) is 0. The molecule has 0 spiro atoms. The van der Waals surface area contributed by atoms with Crippen LogP contribution in [0.1, 0.15) is 26.7 Å². The van der Waals surface area contributed by atoms with E-state index in [0.717, 1.165) is 0 Å². The van der Waals surface area contributed by atoms with Crippen molar-refractivity contribution in [1.29, 1.82) is 0 Å². The Bertz CT molecular complexity index is 310. The second-order valence-electron chi connectivity index (χ2n) is 5.97. The Morgan fingerprint density at radius 3 is 2.11 bits per heavy atom. The molecule has 0 aromatic carbocycles. The van der Waals surface area contributed by atoms with Crippen LogP contribution in [0.15, 0.2) is 0 Å². The Morgan fingerprint density at radius 1 is 1.16 bits per heavy atom. The lowest BCUT2D eigenvalue weighted by Gasteiger charge is -2.47. The van der Waals surface area contributed by atoms with Crippen molar-refractivity contribution in [1.82, 2.24) is 4.90 Å². The van der Waals surface area contributed by atoms with Gasteiger partial charge in [0, 0.05) is 0 Å². The lowest BCUT2D eigenvalue weighted by atomic mass is 9.69. The van der Waals surface area contributed by atoms with Crippen molar-refractivity contribution in [2.75, 3.05) is 26.3 Å². The monoisotopic (exact) mass is 283 g/mol. The first-order valence-electron chi connectivity index (χ1n) is 6.80. The molecule has 2 atom stereocenters. The van der Waals surface area contributed by atoms with Crippen LogP contribution < -0.4 is 0 Å². The predicted octanol–water partition coefficient (Wildman–Crippen LogP) is 3.02. The topological polar surface area (TPSA) is 12.5 Å². The SMILES string of the molecule is CC(C)C1(C(F)(F)F)CCN(C2COCC2F)CC1. The molecule has 0 radical (unpaired) electrons. The molecule has 6 heteroatoms. The van der Waals surface area contributed by atoms with Crippen LogP contribution >= 0.6 is 0 Å². The van der Waals surface area contributed by atoms with Crippen LogP contribution in [0.4, 0.5) is 17.6 Å². The van der Waals surface area contributed by atoms with Gasteiger partial charge in [0.05, 0.1) is 24.7 Å². The fourth-order valence-corrected chi connectivity index (χ4v) is 3.29. The summed E-state index contributed by atoms with van der Waals surface area (Å²) >= 11 is 0. The highest BCUT2D eigenvalue weighted by molar-refractivity contribution is 4.96. The third-order valence-electron chi connectivity index (χ3n) is 4.81. The largest absolute Gasteiger partial charge is 0.394 e. The normalized spacial score (nSPS) is 33.0. The smallest absolute Gasteiger partial charge is 0.377 e. The van der Waals surface area contributed by atoms with Crippen molar-refractivity contribution in [2.45, 2.75) is 45.1 Å². The summed E-state index contributed by atoms with van der Waals surface area (Å²) in [5, 5.41) is 0. The molecule has 0 amide bonds. The predicted molar refractivity (Wildman–Crippen MR) is 63.6 cm³/mol. The van der Waals surface area contributed by atoms with Crippen LogP contribution in [-0.2, 0) is 4.74 Å². The van der Waals surface area contributed by atoms with Gasteiger partial charge in [0.25, 0.3) is 0 Å². The number of rotatable bonds is 2. The summed E-state index contributed by atoms with van der Waals surface area (Å²) in [5.41, 5.74) is -1.62. The summed E-state index contributed by atoms with van der Waals surface area (Å²) in [6.45, 7) is 4.20. The van der Waals surface area contributed by atoms with E-state index in [0.29, 0.717) is 19.7 Å². The molecule has 112 valence electrons. The fraction of sp³-hybridized carbons (Fsp3) is 1.00. The zero-order valence-corrected chi connectivity index (χ0v) is 11.3. The van der Waals surface area contributed by atoms with Crippen molar-refractivity contribution < 1.29 is 22.3 Å². The van der Waals surface area contributed by atoms with E-state index in [-0.39, 0.29) is 25.5 Å². The maximum atomic E-state index is 13.6. The van der Waals surface area contributed by atoms with E-state index in [4.69, 9.17) is 4.74 Å². The van der Waals surface area contributed by atoms with Gasteiger partial charge in [0.1, 0.15) is 6.17 Å². The highest BCUT2D eigenvalue weighted by Crippen LogP contribution is 2.51. The van der Waals surface area contributed by atoms with Gasteiger partial charge in [-0.2, -0.15) is 13.2 Å². The standard InChI is InChI=1S/C13H21F4NO/c1-9(2)12(13(15,16)17)3-5-18(6-4-12)11-8-19-7-10(11)14/h9-11H,3-8H2,1-2H3. The van der Waals surface area contributed by atoms with E-state index < -0.39 is 23.7 Å². The van der Waals surface area contributed by atoms with Crippen molar-refractivity contribution in [3.63, 3.8) is 0 Å². The highest BCUT2D eigenvalue weighted by atomic mass is 19.4. The van der Waals surface area contributed by atoms with Crippen LogP contribution in [0.2, 0.25) is 0 Å². The van der Waals surface area contributed by atoms with Crippen molar-refractivity contribution >= 4 is 0 Å². The number of halogens is 4. The molecule has 19 heavy (non-hydrogen) atoms. The quantitative estimate of drug-likeness (QED) is 0.722. The lowest BCUT2D eigenvalue weighted by Crippen LogP contribution is -2.54. The maximum Gasteiger partial charge on any atom is 0.394 e. The molecule has 2 heterocycles. The molecule has 0 aliphatic carbocycles. The Balaban J connectivity index is 2.04. The number of nitrogens with zero attached hydrogens (tertiary/aromatic N) is 1. The summed E-state index contributed by atoms with van der Waals surface area (Å²) in [6, 6.07) is -0.363. The number of ether oxygens (including phenoxy) is 1. The van der Waals surface area contributed by atoms with Crippen molar-refractivity contribution in [3.05, 3.63) is 0 Å². The zero-order chi connectivity index (χ0) is 14.3. The average molecular weight is 283 g/mol. The van der Waals surface area contributed by atoms with Crippen LogP contribution in [-0.4, -0.2) is 49.6 Å². The van der Waals surface area contributed by atoms with Crippen LogP contribution in [0.3, 0.4) is 0 Å². The van der Waals surface area contributed by atoms with E-state index in [1.807, 2.05) is 4.90 Å². The first-order chi connectivity index (χ1) is 8.78. The zero-order valence-electron chi connectivity index (χ0n) is 11.3. The number of likely N-dealkylation sites (tertiary alicyclic amines) is 1. The van der Waals surface area contributed by atoms with E-state index in [1.54, 1.807) is 13.8 Å². The molecule has 2 aliphatic heterocycles. The van der Waals surface area contributed by atoms with Gasteiger partial charge in [-0.3, -0.25) is 4.90 Å². The molecule has 2 aliphatic rings. The van der Waals surface area contributed by atoms with Gasteiger partial charge >= 0.3 is 6.18 Å². The Hall–Kier alpha value is -0.360. The third-order valence-corrected chi connectivity index (χ3v) is 4.81. The van der Waals surface area contributed by atoms with Gasteiger partial charge in [0.15, 0.2) is 0 Å². The van der Waals surface area contributed by atoms with Crippen LogP contribution in [0.5, 0.6) is 0 Å². The summed E-state index contributed by atoms with van der Waals surface area (Å²) < 4.78 is 58.6. The van der Waals surface area contributed by atoms with E-state index in [2.05, 4.69) is 0 Å². The van der Waals surface area contributed by atoms with Gasteiger partial charge in [-0.1, -0.05) is 13.8 Å². The first-order valence-corrected chi connectivity index (χ1v) is 6.80. The van der Waals surface area contributed by atoms with Crippen LogP contribution in [0.25, 0.3) is 0 Å². The van der Waals surface area contributed by atoms with E-state index in [9.17, 15) is 17.6 Å². The molecule has 2 saturated heterocycles. The Labute approximate surface area is 111 Å². The maximum absolute atomic E-state index is 13.6. The number of alkyl halides is 4. The van der Waals surface area contributed by atoms with Gasteiger partial charge in [0.2, 0.25) is 0 Å². The average Bonchev–Trinajstić information content (AvgIpc) is 2.74. The lowest BCUT2D eigenvalue weighted by molar-refractivity contribution is -0.254. The van der Waals surface area contributed by atoms with Crippen molar-refractivity contribution in [3.8, 4) is 0 Å². The molecule has 0 aromatic rings. The first kappa shape index (κ1) is 15.0. The minimum Gasteiger partial charge on any atom is -0.377 e. The highest BCUT2D eigenvalue weighted by Gasteiger charge is 2.57. The molecule has 0 aromatic heterocycles. The minimum absolute atomic E-state index is 0.0530. The van der Waals surface area contributed by atoms with Gasteiger partial charge in [-0.25, -0.2) is 4.39 Å². The summed E-state index contributed by atoms with van der Waals surface area (Å²) in [5.74, 6) is -0.448. The second-order valence-corrected chi connectivity index (χ2v) is 5.97. The molecular formula is C13H21F4NO. The molecule has 2 rings (SSSR count). The number of piperidine rings is 1. The molecule has 2 unspecified atom stereocenters. The number of hydrogen-bond acceptors (Lipinski definition) is 2. The Morgan fingerprint density at radius 2 is 1.74 bits per heavy atom. The molecule has 2 fully saturated rings. The molecular weight excluding hydrogens is 262 g/mol. The van der Waals surface area contributed by atoms with Gasteiger partial charge in [-0.05, 0) is 31.8 Å². The van der Waals surface area contributed by atoms with E-state index >= 15 is 0 Å².